The van der Waals surface area contributed by atoms with Crippen LogP contribution in [0.1, 0.15) is 27.9 Å². The Bertz CT molecular complexity index is 1170. The molecule has 1 unspecified atom stereocenters. The first-order valence-electron chi connectivity index (χ1n) is 10.5. The third kappa shape index (κ3) is 5.47. The number of para-hydroxylation sites is 1. The summed E-state index contributed by atoms with van der Waals surface area (Å²) in [5, 5.41) is 17.7. The summed E-state index contributed by atoms with van der Waals surface area (Å²) in [5.41, 5.74) is 2.36. The highest BCUT2D eigenvalue weighted by molar-refractivity contribution is 7.15. The van der Waals surface area contributed by atoms with Crippen molar-refractivity contribution >= 4 is 39.8 Å². The molecule has 33 heavy (non-hydrogen) atoms. The van der Waals surface area contributed by atoms with Crippen LogP contribution in [0.4, 0.5) is 25.7 Å². The van der Waals surface area contributed by atoms with Crippen molar-refractivity contribution in [3.63, 3.8) is 0 Å². The van der Waals surface area contributed by atoms with Gasteiger partial charge in [-0.25, -0.2) is 14.2 Å². The molecule has 2 aromatic carbocycles. The van der Waals surface area contributed by atoms with E-state index in [-0.39, 0.29) is 18.0 Å². The number of urea groups is 1. The molecule has 0 fully saturated rings. The summed E-state index contributed by atoms with van der Waals surface area (Å²) in [6.07, 6.45) is 0.692. The minimum atomic E-state index is -0.515. The maximum atomic E-state index is 13.6. The fraction of sp³-hybridized carbons (Fsp3) is 0.261. The van der Waals surface area contributed by atoms with E-state index in [4.69, 9.17) is 5.11 Å². The molecule has 8 nitrogen and oxygen atoms in total. The lowest BCUT2D eigenvalue weighted by molar-refractivity contribution is 0.0923. The third-order valence-electron chi connectivity index (χ3n) is 5.20. The van der Waals surface area contributed by atoms with Gasteiger partial charge in [0.2, 0.25) is 0 Å². The first-order valence-corrected chi connectivity index (χ1v) is 11.3. The number of aromatic nitrogens is 1. The van der Waals surface area contributed by atoms with Gasteiger partial charge in [0.25, 0.3) is 5.91 Å². The van der Waals surface area contributed by atoms with Crippen molar-refractivity contribution in [1.82, 2.24) is 10.3 Å². The minimum absolute atomic E-state index is 0.187. The second-order valence-electron chi connectivity index (χ2n) is 7.72. The Balaban J connectivity index is 1.42. The smallest absolute Gasteiger partial charge is 0.325 e. The quantitative estimate of drug-likeness (QED) is 0.441. The number of hydrogen-bond donors (Lipinski definition) is 4. The molecule has 2 heterocycles. The van der Waals surface area contributed by atoms with Gasteiger partial charge in [-0.1, -0.05) is 29.5 Å². The average molecular weight is 470 g/mol. The van der Waals surface area contributed by atoms with Crippen molar-refractivity contribution in [2.24, 2.45) is 0 Å². The summed E-state index contributed by atoms with van der Waals surface area (Å²) in [6, 6.07) is 12.2. The van der Waals surface area contributed by atoms with E-state index in [1.54, 1.807) is 37.3 Å². The molecule has 0 bridgehead atoms. The van der Waals surface area contributed by atoms with Crippen LogP contribution in [0, 0.1) is 5.82 Å². The van der Waals surface area contributed by atoms with Crippen LogP contribution in [0.5, 0.6) is 0 Å². The van der Waals surface area contributed by atoms with Gasteiger partial charge >= 0.3 is 6.03 Å². The average Bonchev–Trinajstić information content (AvgIpc) is 3.20. The van der Waals surface area contributed by atoms with Gasteiger partial charge in [-0.2, -0.15) is 0 Å². The molecule has 3 amide bonds. The topological polar surface area (TPSA) is 107 Å². The molecule has 1 aliphatic heterocycles. The van der Waals surface area contributed by atoms with E-state index in [0.29, 0.717) is 30.3 Å². The van der Waals surface area contributed by atoms with Crippen molar-refractivity contribution < 1.29 is 19.1 Å². The number of carbonyl (C=O) groups excluding carboxylic acids is 2. The lowest BCUT2D eigenvalue weighted by atomic mass is 10.1. The summed E-state index contributed by atoms with van der Waals surface area (Å²) in [4.78, 5) is 32.7. The molecule has 10 heteroatoms. The summed E-state index contributed by atoms with van der Waals surface area (Å²) in [7, 11) is 0. The van der Waals surface area contributed by atoms with Gasteiger partial charge in [0, 0.05) is 29.6 Å². The fourth-order valence-corrected chi connectivity index (χ4v) is 4.55. The number of aliphatic hydroxyl groups excluding tert-OH is 1. The van der Waals surface area contributed by atoms with Gasteiger partial charge in [-0.3, -0.25) is 10.1 Å². The normalized spacial score (nSPS) is 13.7. The van der Waals surface area contributed by atoms with E-state index < -0.39 is 18.0 Å². The Morgan fingerprint density at radius 2 is 2.03 bits per heavy atom. The standard InChI is InChI=1S/C23H24FN5O3S/c1-14(13-30)25-21(31)17-7-2-3-8-18(17)26-22(32)28-23-27-19-9-10-29(12-20(19)33-23)16-6-4-5-15(24)11-16/h2-8,11,14,30H,9-10,12-13H2,1H3,(H,25,31)(H2,26,27,28,32). The summed E-state index contributed by atoms with van der Waals surface area (Å²) >= 11 is 1.37. The SMILES string of the molecule is CC(CO)NC(=O)c1ccccc1NC(=O)Nc1nc2c(s1)CN(c1cccc(F)c1)CC2. The van der Waals surface area contributed by atoms with Crippen molar-refractivity contribution in [2.75, 3.05) is 28.7 Å². The highest BCUT2D eigenvalue weighted by Gasteiger charge is 2.22. The molecule has 1 aliphatic rings. The first kappa shape index (κ1) is 22.7. The molecule has 172 valence electrons. The predicted molar refractivity (Wildman–Crippen MR) is 126 cm³/mol. The number of benzene rings is 2. The first-order chi connectivity index (χ1) is 15.9. The predicted octanol–water partition coefficient (Wildman–Crippen LogP) is 3.60. The number of fused-ring (bicyclic) bond motifs is 1. The van der Waals surface area contributed by atoms with Crippen LogP contribution in [-0.2, 0) is 13.0 Å². The Labute approximate surface area is 194 Å². The van der Waals surface area contributed by atoms with Crippen molar-refractivity contribution in [3.05, 3.63) is 70.5 Å². The van der Waals surface area contributed by atoms with Crippen LogP contribution in [0.3, 0.4) is 0 Å². The van der Waals surface area contributed by atoms with E-state index >= 15 is 0 Å². The number of anilines is 3. The van der Waals surface area contributed by atoms with Crippen molar-refractivity contribution in [3.8, 4) is 0 Å². The molecule has 0 aliphatic carbocycles. The second-order valence-corrected chi connectivity index (χ2v) is 8.81. The highest BCUT2D eigenvalue weighted by Crippen LogP contribution is 2.31. The van der Waals surface area contributed by atoms with E-state index in [9.17, 15) is 14.0 Å². The highest BCUT2D eigenvalue weighted by atomic mass is 32.1. The number of rotatable bonds is 6. The van der Waals surface area contributed by atoms with Gasteiger partial charge in [-0.15, -0.1) is 0 Å². The van der Waals surface area contributed by atoms with Crippen LogP contribution in [0.2, 0.25) is 0 Å². The Hall–Kier alpha value is -3.50. The number of carbonyl (C=O) groups is 2. The molecular formula is C23H24FN5O3S. The fourth-order valence-electron chi connectivity index (χ4n) is 3.53. The molecule has 0 spiro atoms. The van der Waals surface area contributed by atoms with Gasteiger partial charge in [-0.05, 0) is 37.3 Å². The molecule has 3 aromatic rings. The number of hydrogen-bond acceptors (Lipinski definition) is 6. The van der Waals surface area contributed by atoms with Crippen molar-refractivity contribution in [2.45, 2.75) is 25.9 Å². The zero-order valence-corrected chi connectivity index (χ0v) is 18.8. The molecule has 4 N–H and O–H groups in total. The Morgan fingerprint density at radius 3 is 2.82 bits per heavy atom. The van der Waals surface area contributed by atoms with Crippen molar-refractivity contribution in [1.29, 1.82) is 0 Å². The van der Waals surface area contributed by atoms with Gasteiger partial charge in [0.15, 0.2) is 5.13 Å². The van der Waals surface area contributed by atoms with Crippen LogP contribution in [0.25, 0.3) is 0 Å². The molecular weight excluding hydrogens is 445 g/mol. The maximum Gasteiger partial charge on any atom is 0.325 e. The molecule has 1 aromatic heterocycles. The number of nitrogens with zero attached hydrogens (tertiary/aromatic N) is 2. The van der Waals surface area contributed by atoms with E-state index in [2.05, 4.69) is 25.8 Å². The van der Waals surface area contributed by atoms with Crippen LogP contribution < -0.4 is 20.9 Å². The molecule has 4 rings (SSSR count). The van der Waals surface area contributed by atoms with Crippen LogP contribution >= 0.6 is 11.3 Å². The summed E-state index contributed by atoms with van der Waals surface area (Å²) in [5.74, 6) is -0.670. The molecule has 0 saturated carbocycles. The Kier molecular flexibility index (Phi) is 6.85. The van der Waals surface area contributed by atoms with Gasteiger partial charge in [0.05, 0.1) is 30.1 Å². The van der Waals surface area contributed by atoms with Crippen LogP contribution in [-0.4, -0.2) is 41.2 Å². The lowest BCUT2D eigenvalue weighted by Gasteiger charge is -2.28. The zero-order chi connectivity index (χ0) is 23.4. The van der Waals surface area contributed by atoms with Crippen LogP contribution in [0.15, 0.2) is 48.5 Å². The van der Waals surface area contributed by atoms with E-state index in [1.807, 2.05) is 6.07 Å². The number of nitrogens with one attached hydrogen (secondary N) is 3. The van der Waals surface area contributed by atoms with Gasteiger partial charge < -0.3 is 20.6 Å². The second kappa shape index (κ2) is 9.97. The number of aliphatic hydroxyl groups is 1. The van der Waals surface area contributed by atoms with Gasteiger partial charge in [0.1, 0.15) is 5.82 Å². The number of thiazole rings is 1. The Morgan fingerprint density at radius 1 is 1.21 bits per heavy atom. The molecule has 1 atom stereocenters. The lowest BCUT2D eigenvalue weighted by Crippen LogP contribution is -2.35. The maximum absolute atomic E-state index is 13.6. The van der Waals surface area contributed by atoms with E-state index in [0.717, 1.165) is 16.3 Å². The number of halogens is 1. The zero-order valence-electron chi connectivity index (χ0n) is 18.0. The largest absolute Gasteiger partial charge is 0.394 e. The molecule has 0 radical (unpaired) electrons. The summed E-state index contributed by atoms with van der Waals surface area (Å²) < 4.78 is 13.6. The third-order valence-corrected chi connectivity index (χ3v) is 6.19. The number of amides is 3. The monoisotopic (exact) mass is 469 g/mol. The summed E-state index contributed by atoms with van der Waals surface area (Å²) in [6.45, 7) is 2.79. The van der Waals surface area contributed by atoms with E-state index in [1.165, 1.54) is 23.5 Å². The minimum Gasteiger partial charge on any atom is -0.394 e. The molecule has 0 saturated heterocycles.